The highest BCUT2D eigenvalue weighted by atomic mass is 15.2. The van der Waals surface area contributed by atoms with Crippen LogP contribution < -0.4 is 10.6 Å². The molecule has 0 bridgehead atoms. The van der Waals surface area contributed by atoms with Gasteiger partial charge in [-0.05, 0) is 5.56 Å². The fraction of sp³-hybridized carbons (Fsp3) is 0.267. The third-order valence-corrected chi connectivity index (χ3v) is 3.22. The summed E-state index contributed by atoms with van der Waals surface area (Å²) in [6, 6.07) is 10.5. The van der Waals surface area contributed by atoms with Crippen LogP contribution in [0.15, 0.2) is 53.9 Å². The number of aliphatic imine (C=N–C) groups is 1. The highest BCUT2D eigenvalue weighted by molar-refractivity contribution is 5.81. The number of benzene rings is 1. The van der Waals surface area contributed by atoms with Crippen molar-refractivity contribution in [1.29, 1.82) is 0 Å². The van der Waals surface area contributed by atoms with E-state index in [1.165, 1.54) is 5.56 Å². The van der Waals surface area contributed by atoms with Gasteiger partial charge in [-0.1, -0.05) is 30.3 Å². The molecule has 0 radical (unpaired) electrons. The van der Waals surface area contributed by atoms with Crippen LogP contribution in [0.2, 0.25) is 0 Å². The fourth-order valence-electron chi connectivity index (χ4n) is 2.24. The summed E-state index contributed by atoms with van der Waals surface area (Å²) >= 11 is 0. The molecule has 0 fully saturated rings. The first-order chi connectivity index (χ1) is 9.92. The van der Waals surface area contributed by atoms with E-state index in [2.05, 4.69) is 37.7 Å². The number of nitrogens with zero attached hydrogens (tertiary/aromatic N) is 3. The van der Waals surface area contributed by atoms with Gasteiger partial charge < -0.3 is 10.6 Å². The summed E-state index contributed by atoms with van der Waals surface area (Å²) in [4.78, 5) is 12.9. The molecule has 0 saturated carbocycles. The van der Waals surface area contributed by atoms with Gasteiger partial charge in [0.15, 0.2) is 5.96 Å². The van der Waals surface area contributed by atoms with E-state index in [1.807, 2.05) is 24.4 Å². The number of guanidine groups is 1. The SMILES string of the molecule is c1ccc(C(Cc2cnccn2)NC2=NCCN2)cc1. The van der Waals surface area contributed by atoms with E-state index in [4.69, 9.17) is 0 Å². The molecule has 1 atom stereocenters. The van der Waals surface area contributed by atoms with E-state index in [1.54, 1.807) is 12.4 Å². The first kappa shape index (κ1) is 12.6. The standard InChI is InChI=1S/C15H17N5/c1-2-4-12(5-3-1)14(20-15-18-8-9-19-15)10-13-11-16-6-7-17-13/h1-7,11,14H,8-10H2,(H2,18,19,20). The molecule has 2 aromatic rings. The summed E-state index contributed by atoms with van der Waals surface area (Å²) in [6.45, 7) is 1.73. The monoisotopic (exact) mass is 267 g/mol. The second-order valence-corrected chi connectivity index (χ2v) is 4.67. The topological polar surface area (TPSA) is 62.2 Å². The third kappa shape index (κ3) is 3.12. The molecule has 0 aliphatic carbocycles. The molecule has 1 aliphatic rings. The fourth-order valence-corrected chi connectivity index (χ4v) is 2.24. The summed E-state index contributed by atoms with van der Waals surface area (Å²) in [5, 5.41) is 6.70. The van der Waals surface area contributed by atoms with Crippen LogP contribution in [0.25, 0.3) is 0 Å². The molecular weight excluding hydrogens is 250 g/mol. The number of hydrogen-bond acceptors (Lipinski definition) is 5. The summed E-state index contributed by atoms with van der Waals surface area (Å²) in [5.74, 6) is 0.864. The molecule has 102 valence electrons. The average molecular weight is 267 g/mol. The molecule has 0 saturated heterocycles. The molecule has 0 spiro atoms. The number of aromatic nitrogens is 2. The Morgan fingerprint density at radius 3 is 2.80 bits per heavy atom. The minimum absolute atomic E-state index is 0.136. The Morgan fingerprint density at radius 1 is 1.20 bits per heavy atom. The zero-order chi connectivity index (χ0) is 13.6. The Kier molecular flexibility index (Phi) is 3.87. The Morgan fingerprint density at radius 2 is 2.10 bits per heavy atom. The van der Waals surface area contributed by atoms with E-state index in [0.717, 1.165) is 31.2 Å². The molecule has 1 unspecified atom stereocenters. The second kappa shape index (κ2) is 6.14. The summed E-state index contributed by atoms with van der Waals surface area (Å²) in [6.07, 6.45) is 6.00. The normalized spacial score (nSPS) is 15.3. The molecule has 0 amide bonds. The lowest BCUT2D eigenvalue weighted by Crippen LogP contribution is -2.37. The maximum Gasteiger partial charge on any atom is 0.191 e. The Labute approximate surface area is 118 Å². The van der Waals surface area contributed by atoms with Crippen LogP contribution in [0.5, 0.6) is 0 Å². The van der Waals surface area contributed by atoms with Gasteiger partial charge in [-0.15, -0.1) is 0 Å². The van der Waals surface area contributed by atoms with Gasteiger partial charge in [-0.2, -0.15) is 0 Å². The summed E-state index contributed by atoms with van der Waals surface area (Å²) in [5.41, 5.74) is 2.18. The number of rotatable bonds is 4. The minimum atomic E-state index is 0.136. The van der Waals surface area contributed by atoms with Gasteiger partial charge in [0.05, 0.1) is 18.3 Å². The highest BCUT2D eigenvalue weighted by Crippen LogP contribution is 2.17. The van der Waals surface area contributed by atoms with Gasteiger partial charge in [-0.25, -0.2) is 0 Å². The number of hydrogen-bond donors (Lipinski definition) is 2. The van der Waals surface area contributed by atoms with Crippen molar-refractivity contribution in [2.24, 2.45) is 4.99 Å². The van der Waals surface area contributed by atoms with Crippen molar-refractivity contribution >= 4 is 5.96 Å². The molecule has 20 heavy (non-hydrogen) atoms. The van der Waals surface area contributed by atoms with Crippen molar-refractivity contribution in [3.8, 4) is 0 Å². The predicted molar refractivity (Wildman–Crippen MR) is 78.4 cm³/mol. The predicted octanol–water partition coefficient (Wildman–Crippen LogP) is 1.31. The van der Waals surface area contributed by atoms with Crippen LogP contribution in [0.3, 0.4) is 0 Å². The zero-order valence-electron chi connectivity index (χ0n) is 11.2. The van der Waals surface area contributed by atoms with Crippen molar-refractivity contribution in [3.63, 3.8) is 0 Å². The molecule has 2 heterocycles. The summed E-state index contributed by atoms with van der Waals surface area (Å²) < 4.78 is 0. The van der Waals surface area contributed by atoms with Gasteiger partial charge in [0, 0.05) is 31.6 Å². The van der Waals surface area contributed by atoms with Crippen LogP contribution in [-0.2, 0) is 6.42 Å². The Bertz CT molecular complexity index is 567. The van der Waals surface area contributed by atoms with Crippen molar-refractivity contribution < 1.29 is 0 Å². The third-order valence-electron chi connectivity index (χ3n) is 3.22. The van der Waals surface area contributed by atoms with Crippen molar-refractivity contribution in [3.05, 3.63) is 60.2 Å². The highest BCUT2D eigenvalue weighted by Gasteiger charge is 2.16. The van der Waals surface area contributed by atoms with E-state index in [-0.39, 0.29) is 6.04 Å². The van der Waals surface area contributed by atoms with Gasteiger partial charge in [0.1, 0.15) is 0 Å². The first-order valence-electron chi connectivity index (χ1n) is 6.76. The van der Waals surface area contributed by atoms with Gasteiger partial charge >= 0.3 is 0 Å². The lowest BCUT2D eigenvalue weighted by molar-refractivity contribution is 0.623. The zero-order valence-corrected chi connectivity index (χ0v) is 11.2. The van der Waals surface area contributed by atoms with Crippen LogP contribution in [0.1, 0.15) is 17.3 Å². The maximum absolute atomic E-state index is 4.40. The van der Waals surface area contributed by atoms with Gasteiger partial charge in [-0.3, -0.25) is 15.0 Å². The minimum Gasteiger partial charge on any atom is -0.355 e. The Balaban J connectivity index is 1.79. The molecule has 5 heteroatoms. The lowest BCUT2D eigenvalue weighted by Gasteiger charge is -2.20. The first-order valence-corrected chi connectivity index (χ1v) is 6.76. The molecule has 1 aromatic carbocycles. The lowest BCUT2D eigenvalue weighted by atomic mass is 10.0. The van der Waals surface area contributed by atoms with E-state index in [0.29, 0.717) is 0 Å². The van der Waals surface area contributed by atoms with E-state index >= 15 is 0 Å². The van der Waals surface area contributed by atoms with E-state index in [9.17, 15) is 0 Å². The van der Waals surface area contributed by atoms with E-state index < -0.39 is 0 Å². The molecule has 1 aliphatic heterocycles. The van der Waals surface area contributed by atoms with Gasteiger partial charge in [0.25, 0.3) is 0 Å². The smallest absolute Gasteiger partial charge is 0.191 e. The quantitative estimate of drug-likeness (QED) is 0.877. The van der Waals surface area contributed by atoms with Crippen molar-refractivity contribution in [1.82, 2.24) is 20.6 Å². The molecule has 2 N–H and O–H groups in total. The molecule has 1 aromatic heterocycles. The van der Waals surface area contributed by atoms with Crippen LogP contribution in [0.4, 0.5) is 0 Å². The van der Waals surface area contributed by atoms with Crippen molar-refractivity contribution in [2.75, 3.05) is 13.1 Å². The second-order valence-electron chi connectivity index (χ2n) is 4.67. The van der Waals surface area contributed by atoms with Crippen LogP contribution in [0, 0.1) is 0 Å². The van der Waals surface area contributed by atoms with Crippen LogP contribution >= 0.6 is 0 Å². The average Bonchev–Trinajstić information content (AvgIpc) is 3.02. The number of nitrogens with one attached hydrogen (secondary N) is 2. The maximum atomic E-state index is 4.40. The van der Waals surface area contributed by atoms with Crippen molar-refractivity contribution in [2.45, 2.75) is 12.5 Å². The molecule has 3 rings (SSSR count). The molecular formula is C15H17N5. The molecule has 5 nitrogen and oxygen atoms in total. The Hall–Kier alpha value is -2.43. The largest absolute Gasteiger partial charge is 0.355 e. The van der Waals surface area contributed by atoms with Gasteiger partial charge in [0.2, 0.25) is 0 Å². The van der Waals surface area contributed by atoms with Crippen LogP contribution in [-0.4, -0.2) is 29.0 Å². The summed E-state index contributed by atoms with van der Waals surface area (Å²) in [7, 11) is 0.